The number of hydrogen-bond donors (Lipinski definition) is 0. The first-order valence-electron chi connectivity index (χ1n) is 4.36. The van der Waals surface area contributed by atoms with Crippen LogP contribution in [-0.2, 0) is 11.2 Å². The van der Waals surface area contributed by atoms with Crippen LogP contribution in [0.4, 0.5) is 13.2 Å². The van der Waals surface area contributed by atoms with Gasteiger partial charge in [0, 0.05) is 6.54 Å². The molecule has 0 aliphatic carbocycles. The van der Waals surface area contributed by atoms with Gasteiger partial charge in [0.1, 0.15) is 0 Å². The molecular formula is C10H10F3NO. The molecule has 1 rings (SSSR count). The van der Waals surface area contributed by atoms with Crippen LogP contribution in [0, 0.1) is 0 Å². The number of amides is 1. The van der Waals surface area contributed by atoms with Gasteiger partial charge in [-0.25, -0.2) is 0 Å². The molecule has 0 aliphatic rings. The average molecular weight is 217 g/mol. The second kappa shape index (κ2) is 4.82. The Labute approximate surface area is 85.3 Å². The van der Waals surface area contributed by atoms with Gasteiger partial charge in [-0.2, -0.15) is 0 Å². The lowest BCUT2D eigenvalue weighted by Crippen LogP contribution is -2.38. The van der Waals surface area contributed by atoms with Crippen molar-refractivity contribution in [3.8, 4) is 0 Å². The van der Waals surface area contributed by atoms with Crippen LogP contribution in [0.3, 0.4) is 0 Å². The van der Waals surface area contributed by atoms with Gasteiger partial charge in [0.25, 0.3) is 0 Å². The summed E-state index contributed by atoms with van der Waals surface area (Å²) in [4.78, 5) is 10.0. The quantitative estimate of drug-likeness (QED) is 0.559. The Hall–Kier alpha value is -1.52. The van der Waals surface area contributed by atoms with Crippen molar-refractivity contribution in [1.82, 2.24) is 4.90 Å². The summed E-state index contributed by atoms with van der Waals surface area (Å²) in [5.41, 5.74) is 0.772. The van der Waals surface area contributed by atoms with E-state index >= 15 is 0 Å². The largest absolute Gasteiger partial charge is 0.486 e. The Morgan fingerprint density at radius 3 is 2.27 bits per heavy atom. The molecule has 2 nitrogen and oxygen atoms in total. The van der Waals surface area contributed by atoms with Crippen LogP contribution in [-0.4, -0.2) is 24.2 Å². The van der Waals surface area contributed by atoms with Crippen LogP contribution in [0.5, 0.6) is 0 Å². The molecule has 0 unspecified atom stereocenters. The Balaban J connectivity index is 2.52. The van der Waals surface area contributed by atoms with E-state index in [0.29, 0.717) is 0 Å². The molecule has 0 aliphatic heterocycles. The van der Waals surface area contributed by atoms with Crippen LogP contribution in [0.15, 0.2) is 30.3 Å². The summed E-state index contributed by atoms with van der Waals surface area (Å²) in [5, 5.41) is 0. The van der Waals surface area contributed by atoms with Gasteiger partial charge in [0.15, 0.2) is 0 Å². The maximum Gasteiger partial charge on any atom is 0.486 e. The zero-order valence-corrected chi connectivity index (χ0v) is 7.87. The SMILES string of the molecule is O=CN(CCc1ccccc1)C(F)(F)F. The lowest BCUT2D eigenvalue weighted by Gasteiger charge is -2.19. The molecule has 15 heavy (non-hydrogen) atoms. The van der Waals surface area contributed by atoms with Gasteiger partial charge in [-0.15, -0.1) is 13.2 Å². The standard InChI is InChI=1S/C10H10F3NO/c11-10(12,13)14(8-15)7-6-9-4-2-1-3-5-9/h1-5,8H,6-7H2. The van der Waals surface area contributed by atoms with Crippen LogP contribution in [0.25, 0.3) is 0 Å². The van der Waals surface area contributed by atoms with E-state index in [9.17, 15) is 18.0 Å². The number of hydrogen-bond acceptors (Lipinski definition) is 1. The molecule has 0 saturated carbocycles. The van der Waals surface area contributed by atoms with Crippen molar-refractivity contribution in [1.29, 1.82) is 0 Å². The van der Waals surface area contributed by atoms with E-state index in [1.54, 1.807) is 30.3 Å². The smallest absolute Gasteiger partial charge is 0.278 e. The Morgan fingerprint density at radius 2 is 1.80 bits per heavy atom. The van der Waals surface area contributed by atoms with Gasteiger partial charge in [0.05, 0.1) is 0 Å². The first-order valence-corrected chi connectivity index (χ1v) is 4.36. The highest BCUT2D eigenvalue weighted by molar-refractivity contribution is 5.47. The maximum absolute atomic E-state index is 12.1. The zero-order valence-electron chi connectivity index (χ0n) is 7.87. The molecule has 82 valence electrons. The molecule has 1 amide bonds. The third-order valence-corrected chi connectivity index (χ3v) is 1.94. The summed E-state index contributed by atoms with van der Waals surface area (Å²) in [6.45, 7) is -0.350. The molecule has 0 N–H and O–H groups in total. The van der Waals surface area contributed by atoms with Crippen LogP contribution in [0.1, 0.15) is 5.56 Å². The fourth-order valence-electron chi connectivity index (χ4n) is 1.13. The number of rotatable bonds is 4. The highest BCUT2D eigenvalue weighted by atomic mass is 19.4. The minimum absolute atomic E-state index is 0.167. The van der Waals surface area contributed by atoms with Crippen molar-refractivity contribution in [2.45, 2.75) is 12.7 Å². The lowest BCUT2D eigenvalue weighted by atomic mass is 10.1. The molecule has 1 aromatic rings. The Kier molecular flexibility index (Phi) is 3.71. The number of alkyl halides is 3. The lowest BCUT2D eigenvalue weighted by molar-refractivity contribution is -0.233. The summed E-state index contributed by atoms with van der Waals surface area (Å²) in [5.74, 6) is 0. The highest BCUT2D eigenvalue weighted by Gasteiger charge is 2.35. The van der Waals surface area contributed by atoms with Gasteiger partial charge >= 0.3 is 6.30 Å². The first kappa shape index (κ1) is 11.6. The van der Waals surface area contributed by atoms with Gasteiger partial charge in [-0.05, 0) is 12.0 Å². The maximum atomic E-state index is 12.1. The first-order chi connectivity index (χ1) is 7.04. The summed E-state index contributed by atoms with van der Waals surface area (Å²) in [6.07, 6.45) is -4.58. The molecule has 0 spiro atoms. The summed E-state index contributed by atoms with van der Waals surface area (Å²) >= 11 is 0. The second-order valence-corrected chi connectivity index (χ2v) is 3.00. The Bertz CT molecular complexity index is 310. The molecule has 0 atom stereocenters. The van der Waals surface area contributed by atoms with Crippen molar-refractivity contribution in [2.75, 3.05) is 6.54 Å². The zero-order chi connectivity index (χ0) is 11.3. The van der Waals surface area contributed by atoms with Gasteiger partial charge < -0.3 is 0 Å². The predicted molar refractivity (Wildman–Crippen MR) is 49.0 cm³/mol. The molecular weight excluding hydrogens is 207 g/mol. The van der Waals surface area contributed by atoms with Crippen molar-refractivity contribution < 1.29 is 18.0 Å². The van der Waals surface area contributed by atoms with Crippen LogP contribution >= 0.6 is 0 Å². The second-order valence-electron chi connectivity index (χ2n) is 3.00. The molecule has 0 bridgehead atoms. The van der Waals surface area contributed by atoms with Crippen molar-refractivity contribution in [2.24, 2.45) is 0 Å². The molecule has 0 heterocycles. The minimum Gasteiger partial charge on any atom is -0.278 e. The van der Waals surface area contributed by atoms with Gasteiger partial charge in [-0.1, -0.05) is 30.3 Å². The molecule has 0 fully saturated rings. The molecule has 0 aromatic heterocycles. The van der Waals surface area contributed by atoms with E-state index in [1.165, 1.54) is 0 Å². The monoisotopic (exact) mass is 217 g/mol. The van der Waals surface area contributed by atoms with Crippen LogP contribution in [0.2, 0.25) is 0 Å². The topological polar surface area (TPSA) is 20.3 Å². The molecule has 0 radical (unpaired) electrons. The fourth-order valence-corrected chi connectivity index (χ4v) is 1.13. The fraction of sp³-hybridized carbons (Fsp3) is 0.300. The number of nitrogens with zero attached hydrogens (tertiary/aromatic N) is 1. The summed E-state index contributed by atoms with van der Waals surface area (Å²) < 4.78 is 36.4. The average Bonchev–Trinajstić information content (AvgIpc) is 2.18. The third-order valence-electron chi connectivity index (χ3n) is 1.94. The van der Waals surface area contributed by atoms with Gasteiger partial charge in [0.2, 0.25) is 6.41 Å². The molecule has 1 aromatic carbocycles. The van der Waals surface area contributed by atoms with E-state index in [4.69, 9.17) is 0 Å². The third kappa shape index (κ3) is 3.61. The molecule has 5 heteroatoms. The van der Waals surface area contributed by atoms with Crippen LogP contribution < -0.4 is 0 Å². The number of carbonyl (C=O) groups is 1. The summed E-state index contributed by atoms with van der Waals surface area (Å²) in [7, 11) is 0. The molecule has 0 saturated heterocycles. The number of carbonyl (C=O) groups excluding carboxylic acids is 1. The number of halogens is 3. The van der Waals surface area contributed by atoms with E-state index in [-0.39, 0.29) is 24.3 Å². The normalized spacial score (nSPS) is 11.1. The van der Waals surface area contributed by atoms with E-state index < -0.39 is 6.30 Å². The van der Waals surface area contributed by atoms with E-state index in [1.807, 2.05) is 0 Å². The van der Waals surface area contributed by atoms with E-state index in [2.05, 4.69) is 0 Å². The van der Waals surface area contributed by atoms with Crippen molar-refractivity contribution in [3.05, 3.63) is 35.9 Å². The van der Waals surface area contributed by atoms with E-state index in [0.717, 1.165) is 5.56 Å². The van der Waals surface area contributed by atoms with Gasteiger partial charge in [-0.3, -0.25) is 9.69 Å². The predicted octanol–water partition coefficient (Wildman–Crippen LogP) is 2.21. The summed E-state index contributed by atoms with van der Waals surface area (Å²) in [6, 6.07) is 8.71. The Morgan fingerprint density at radius 1 is 1.20 bits per heavy atom. The minimum atomic E-state index is -4.59. The van der Waals surface area contributed by atoms with Crippen molar-refractivity contribution in [3.63, 3.8) is 0 Å². The highest BCUT2D eigenvalue weighted by Crippen LogP contribution is 2.19. The number of benzene rings is 1. The van der Waals surface area contributed by atoms with Crippen molar-refractivity contribution >= 4 is 6.41 Å².